The molecule has 15 heavy (non-hydrogen) atoms. The van der Waals surface area contributed by atoms with Crippen LogP contribution in [0.3, 0.4) is 0 Å². The number of benzene rings is 1. The molecule has 4 heteroatoms. The summed E-state index contributed by atoms with van der Waals surface area (Å²) in [5, 5.41) is 0. The van der Waals surface area contributed by atoms with Gasteiger partial charge in [0.1, 0.15) is 0 Å². The Morgan fingerprint density at radius 2 is 1.73 bits per heavy atom. The summed E-state index contributed by atoms with van der Waals surface area (Å²) in [6.45, 7) is 0. The van der Waals surface area contributed by atoms with Crippen molar-refractivity contribution in [2.75, 3.05) is 0 Å². The van der Waals surface area contributed by atoms with Gasteiger partial charge in [-0.1, -0.05) is 30.0 Å². The third-order valence-corrected chi connectivity index (χ3v) is 1.46. The first-order valence-electron chi connectivity index (χ1n) is 3.99. The highest BCUT2D eigenvalue weighted by molar-refractivity contribution is 5.37. The summed E-state index contributed by atoms with van der Waals surface area (Å²) < 4.78 is 47.2. The molecule has 1 rings (SSSR count). The number of alkyl halides is 3. The average Bonchev–Trinajstić information content (AvgIpc) is 2.18. The number of allylic oxidation sites excluding steroid dienone is 2. The van der Waals surface area contributed by atoms with Gasteiger partial charge in [-0.05, 0) is 12.1 Å². The van der Waals surface area contributed by atoms with Crippen LogP contribution in [0, 0.1) is 11.8 Å². The zero-order valence-corrected chi connectivity index (χ0v) is 7.48. The number of hydrogen-bond acceptors (Lipinski definition) is 0. The van der Waals surface area contributed by atoms with Crippen LogP contribution in [0.2, 0.25) is 0 Å². The topological polar surface area (TPSA) is 0 Å². The second-order valence-corrected chi connectivity index (χ2v) is 2.63. The zero-order chi connectivity index (χ0) is 11.3. The Hall–Kier alpha value is -1.76. The van der Waals surface area contributed by atoms with E-state index in [0.29, 0.717) is 5.56 Å². The molecule has 0 saturated carbocycles. The molecule has 78 valence electrons. The van der Waals surface area contributed by atoms with Crippen LogP contribution in [0.1, 0.15) is 5.56 Å². The van der Waals surface area contributed by atoms with Crippen LogP contribution < -0.4 is 0 Å². The molecule has 1 aromatic carbocycles. The van der Waals surface area contributed by atoms with Crippen LogP contribution >= 0.6 is 0 Å². The molecule has 0 saturated heterocycles. The van der Waals surface area contributed by atoms with Crippen LogP contribution in [0.5, 0.6) is 0 Å². The summed E-state index contributed by atoms with van der Waals surface area (Å²) in [5.41, 5.74) is 0.531. The molecule has 0 spiro atoms. The van der Waals surface area contributed by atoms with Gasteiger partial charge >= 0.3 is 6.18 Å². The van der Waals surface area contributed by atoms with E-state index in [9.17, 15) is 17.6 Å². The van der Waals surface area contributed by atoms with Crippen molar-refractivity contribution in [1.29, 1.82) is 0 Å². The molecule has 0 bridgehead atoms. The van der Waals surface area contributed by atoms with E-state index in [0.717, 1.165) is 0 Å². The molecule has 0 heterocycles. The first-order chi connectivity index (χ1) is 7.00. The second kappa shape index (κ2) is 4.65. The molecule has 0 fully saturated rings. The molecule has 0 atom stereocenters. The minimum atomic E-state index is -4.95. The van der Waals surface area contributed by atoms with Gasteiger partial charge in [0.25, 0.3) is 0 Å². The Morgan fingerprint density at radius 1 is 1.13 bits per heavy atom. The first-order valence-corrected chi connectivity index (χ1v) is 3.99. The predicted molar refractivity (Wildman–Crippen MR) is 48.6 cm³/mol. The molecule has 1 aromatic rings. The monoisotopic (exact) mass is 214 g/mol. The van der Waals surface area contributed by atoms with Crippen LogP contribution in [-0.2, 0) is 0 Å². The van der Waals surface area contributed by atoms with E-state index in [-0.39, 0.29) is 6.08 Å². The van der Waals surface area contributed by atoms with Gasteiger partial charge in [0, 0.05) is 11.6 Å². The van der Waals surface area contributed by atoms with E-state index >= 15 is 0 Å². The second-order valence-electron chi connectivity index (χ2n) is 2.63. The molecular formula is C11H6F4. The maximum Gasteiger partial charge on any atom is 0.443 e. The van der Waals surface area contributed by atoms with Crippen molar-refractivity contribution in [2.45, 2.75) is 6.18 Å². The lowest BCUT2D eigenvalue weighted by Crippen LogP contribution is -2.07. The van der Waals surface area contributed by atoms with Gasteiger partial charge in [-0.2, -0.15) is 13.2 Å². The Balaban J connectivity index is 2.77. The molecule has 0 amide bonds. The van der Waals surface area contributed by atoms with Gasteiger partial charge < -0.3 is 0 Å². The summed E-state index contributed by atoms with van der Waals surface area (Å²) in [7, 11) is 0. The Bertz CT molecular complexity index is 404. The summed E-state index contributed by atoms with van der Waals surface area (Å²) in [6, 6.07) is 8.36. The molecule has 0 aliphatic heterocycles. The number of hydrogen-bond donors (Lipinski definition) is 0. The van der Waals surface area contributed by atoms with Gasteiger partial charge in [-0.15, -0.1) is 0 Å². The van der Waals surface area contributed by atoms with Crippen molar-refractivity contribution < 1.29 is 17.6 Å². The molecule has 0 aromatic heterocycles. The lowest BCUT2D eigenvalue weighted by molar-refractivity contribution is -0.108. The van der Waals surface area contributed by atoms with Gasteiger partial charge in [0.2, 0.25) is 5.83 Å². The standard InChI is InChI=1S/C11H6F4/c12-10(11(13,14)15)8-4-7-9-5-2-1-3-6-9/h1-3,5-6,8H/b10-8-. The largest absolute Gasteiger partial charge is 0.443 e. The fourth-order valence-electron chi connectivity index (χ4n) is 0.786. The van der Waals surface area contributed by atoms with Crippen molar-refractivity contribution in [2.24, 2.45) is 0 Å². The lowest BCUT2D eigenvalue weighted by Gasteiger charge is -1.99. The molecular weight excluding hydrogens is 208 g/mol. The third kappa shape index (κ3) is 3.86. The van der Waals surface area contributed by atoms with Gasteiger partial charge in [0.15, 0.2) is 0 Å². The average molecular weight is 214 g/mol. The third-order valence-electron chi connectivity index (χ3n) is 1.46. The zero-order valence-electron chi connectivity index (χ0n) is 7.48. The van der Waals surface area contributed by atoms with Gasteiger partial charge in [-0.25, -0.2) is 4.39 Å². The minimum absolute atomic E-state index is 0.215. The fraction of sp³-hybridized carbons (Fsp3) is 0.0909. The normalized spacial score (nSPS) is 11.9. The summed E-state index contributed by atoms with van der Waals surface area (Å²) >= 11 is 0. The molecule has 0 aliphatic carbocycles. The van der Waals surface area contributed by atoms with Gasteiger partial charge in [0.05, 0.1) is 0 Å². The summed E-state index contributed by atoms with van der Waals surface area (Å²) in [5.74, 6) is 2.19. The van der Waals surface area contributed by atoms with Crippen LogP contribution in [0.15, 0.2) is 42.2 Å². The van der Waals surface area contributed by atoms with Crippen LogP contribution in [0.25, 0.3) is 0 Å². The maximum atomic E-state index is 12.2. The highest BCUT2D eigenvalue weighted by Crippen LogP contribution is 2.25. The van der Waals surface area contributed by atoms with E-state index in [1.54, 1.807) is 30.3 Å². The number of rotatable bonds is 0. The van der Waals surface area contributed by atoms with Crippen LogP contribution in [0.4, 0.5) is 17.6 Å². The number of halogens is 4. The highest BCUT2D eigenvalue weighted by Gasteiger charge is 2.34. The van der Waals surface area contributed by atoms with Crippen molar-refractivity contribution >= 4 is 0 Å². The fourth-order valence-corrected chi connectivity index (χ4v) is 0.786. The van der Waals surface area contributed by atoms with E-state index in [1.807, 2.05) is 5.92 Å². The predicted octanol–water partition coefficient (Wildman–Crippen LogP) is 3.45. The first kappa shape index (κ1) is 11.3. The van der Waals surface area contributed by atoms with E-state index in [1.165, 1.54) is 0 Å². The van der Waals surface area contributed by atoms with E-state index in [2.05, 4.69) is 5.92 Å². The van der Waals surface area contributed by atoms with E-state index in [4.69, 9.17) is 0 Å². The van der Waals surface area contributed by atoms with Gasteiger partial charge in [-0.3, -0.25) is 0 Å². The Morgan fingerprint density at radius 3 is 2.27 bits per heavy atom. The molecule has 0 radical (unpaired) electrons. The maximum absolute atomic E-state index is 12.2. The molecule has 0 N–H and O–H groups in total. The quantitative estimate of drug-likeness (QED) is 0.458. The smallest absolute Gasteiger partial charge is 0.201 e. The minimum Gasteiger partial charge on any atom is -0.201 e. The molecule has 0 aliphatic rings. The van der Waals surface area contributed by atoms with Crippen molar-refractivity contribution in [1.82, 2.24) is 0 Å². The lowest BCUT2D eigenvalue weighted by atomic mass is 10.2. The van der Waals surface area contributed by atoms with Crippen molar-refractivity contribution in [3.05, 3.63) is 47.8 Å². The SMILES string of the molecule is F/C(=C\C#Cc1ccccc1)C(F)(F)F. The van der Waals surface area contributed by atoms with E-state index < -0.39 is 12.0 Å². The molecule has 0 nitrogen and oxygen atoms in total. The molecule has 0 unspecified atom stereocenters. The Labute approximate surface area is 84.2 Å². The van der Waals surface area contributed by atoms with Crippen molar-refractivity contribution in [3.8, 4) is 11.8 Å². The van der Waals surface area contributed by atoms with Crippen molar-refractivity contribution in [3.63, 3.8) is 0 Å². The highest BCUT2D eigenvalue weighted by atomic mass is 19.4. The summed E-state index contributed by atoms with van der Waals surface area (Å²) in [4.78, 5) is 0. The summed E-state index contributed by atoms with van der Waals surface area (Å²) in [6.07, 6.45) is -4.74. The Kier molecular flexibility index (Phi) is 3.51. The van der Waals surface area contributed by atoms with Crippen LogP contribution in [-0.4, -0.2) is 6.18 Å².